The molecule has 20 heavy (non-hydrogen) atoms. The average Bonchev–Trinajstić information content (AvgIpc) is 2.78. The van der Waals surface area contributed by atoms with Gasteiger partial charge in [-0.3, -0.25) is 0 Å². The van der Waals surface area contributed by atoms with Crippen LogP contribution in [0.2, 0.25) is 0 Å². The van der Waals surface area contributed by atoms with E-state index in [2.05, 4.69) is 31.4 Å². The molecule has 1 aromatic carbocycles. The van der Waals surface area contributed by atoms with Crippen molar-refractivity contribution in [3.8, 4) is 0 Å². The first-order valence-electron chi connectivity index (χ1n) is 5.56. The molecule has 0 spiro atoms. The molecule has 2 aromatic rings. The Morgan fingerprint density at radius 3 is 2.70 bits per heavy atom. The topological polar surface area (TPSA) is 77.0 Å². The Morgan fingerprint density at radius 1 is 1.30 bits per heavy atom. The van der Waals surface area contributed by atoms with E-state index in [4.69, 9.17) is 10.2 Å². The van der Waals surface area contributed by atoms with Crippen LogP contribution in [-0.2, 0) is 12.6 Å². The zero-order valence-corrected chi connectivity index (χ0v) is 11.6. The van der Waals surface area contributed by atoms with Crippen molar-refractivity contribution in [1.82, 2.24) is 10.2 Å². The van der Waals surface area contributed by atoms with Crippen LogP contribution in [0.4, 0.5) is 24.9 Å². The van der Waals surface area contributed by atoms with Crippen LogP contribution in [0.25, 0.3) is 0 Å². The third-order valence-electron chi connectivity index (χ3n) is 2.35. The van der Waals surface area contributed by atoms with E-state index in [-0.39, 0.29) is 16.2 Å². The maximum absolute atomic E-state index is 12.7. The summed E-state index contributed by atoms with van der Waals surface area (Å²) in [5, 5.41) is 9.99. The second-order valence-electron chi connectivity index (χ2n) is 3.86. The number of benzene rings is 1. The van der Waals surface area contributed by atoms with Crippen molar-refractivity contribution in [2.24, 2.45) is 5.73 Å². The summed E-state index contributed by atoms with van der Waals surface area (Å²) in [5.41, 5.74) is 4.74. The maximum Gasteiger partial charge on any atom is 0.417 e. The van der Waals surface area contributed by atoms with Gasteiger partial charge >= 0.3 is 12.2 Å². The second kappa shape index (κ2) is 5.80. The molecule has 0 atom stereocenters. The number of hydrogen-bond acceptors (Lipinski definition) is 5. The first-order valence-corrected chi connectivity index (χ1v) is 6.35. The molecule has 5 nitrogen and oxygen atoms in total. The summed E-state index contributed by atoms with van der Waals surface area (Å²) in [4.78, 5) is 0. The number of rotatable bonds is 4. The lowest BCUT2D eigenvalue weighted by Gasteiger charge is -2.10. The molecule has 0 bridgehead atoms. The molecule has 0 amide bonds. The average molecular weight is 351 g/mol. The van der Waals surface area contributed by atoms with Gasteiger partial charge in [-0.05, 0) is 18.2 Å². The summed E-state index contributed by atoms with van der Waals surface area (Å²) in [7, 11) is 0. The highest BCUT2D eigenvalue weighted by Gasteiger charge is 2.33. The molecular weight excluding hydrogens is 341 g/mol. The first kappa shape index (κ1) is 14.8. The normalized spacial score (nSPS) is 11.7. The zero-order valence-electron chi connectivity index (χ0n) is 10.0. The quantitative estimate of drug-likeness (QED) is 0.885. The van der Waals surface area contributed by atoms with Gasteiger partial charge in [-0.25, -0.2) is 0 Å². The molecule has 0 fully saturated rings. The van der Waals surface area contributed by atoms with Crippen molar-refractivity contribution in [1.29, 1.82) is 0 Å². The van der Waals surface area contributed by atoms with Crippen molar-refractivity contribution in [2.75, 3.05) is 11.9 Å². The fraction of sp³-hybridized carbons (Fsp3) is 0.273. The number of nitrogens with one attached hydrogen (secondary N) is 1. The summed E-state index contributed by atoms with van der Waals surface area (Å²) in [6.07, 6.45) is -4.04. The van der Waals surface area contributed by atoms with E-state index in [1.54, 1.807) is 0 Å². The van der Waals surface area contributed by atoms with Gasteiger partial charge in [0, 0.05) is 23.1 Å². The van der Waals surface area contributed by atoms with Gasteiger partial charge in [0.25, 0.3) is 0 Å². The Balaban J connectivity index is 2.21. The summed E-state index contributed by atoms with van der Waals surface area (Å²) in [6, 6.07) is 3.73. The number of anilines is 2. The van der Waals surface area contributed by atoms with Crippen LogP contribution in [0.1, 0.15) is 11.5 Å². The largest absolute Gasteiger partial charge is 0.417 e. The Morgan fingerprint density at radius 2 is 2.05 bits per heavy atom. The van der Waals surface area contributed by atoms with Crippen molar-refractivity contribution in [3.05, 3.63) is 34.1 Å². The lowest BCUT2D eigenvalue weighted by molar-refractivity contribution is -0.138. The van der Waals surface area contributed by atoms with Gasteiger partial charge in [0.2, 0.25) is 5.89 Å². The molecule has 0 saturated heterocycles. The predicted octanol–water partition coefficient (Wildman–Crippen LogP) is 3.10. The molecule has 0 unspecified atom stereocenters. The van der Waals surface area contributed by atoms with Crippen molar-refractivity contribution in [2.45, 2.75) is 12.6 Å². The molecule has 0 saturated carbocycles. The summed E-state index contributed by atoms with van der Waals surface area (Å²) >= 11 is 2.86. The summed E-state index contributed by atoms with van der Waals surface area (Å²) in [5.74, 6) is 0.322. The maximum atomic E-state index is 12.7. The van der Waals surface area contributed by atoms with Crippen LogP contribution in [-0.4, -0.2) is 16.7 Å². The smallest absolute Gasteiger partial charge is 0.408 e. The highest BCUT2D eigenvalue weighted by Crippen LogP contribution is 2.36. The Bertz CT molecular complexity index is 600. The minimum absolute atomic E-state index is 0.0175. The molecular formula is C11H10BrF3N4O. The number of halogens is 4. The molecule has 0 aliphatic rings. The molecule has 2 rings (SSSR count). The van der Waals surface area contributed by atoms with Crippen LogP contribution in [0, 0.1) is 0 Å². The molecule has 108 valence electrons. The fourth-order valence-corrected chi connectivity index (χ4v) is 1.94. The van der Waals surface area contributed by atoms with E-state index in [1.165, 1.54) is 12.1 Å². The lowest BCUT2D eigenvalue weighted by atomic mass is 10.2. The number of aromatic nitrogens is 2. The van der Waals surface area contributed by atoms with Gasteiger partial charge in [0.15, 0.2) is 0 Å². The Hall–Kier alpha value is -1.61. The minimum Gasteiger partial charge on any atom is -0.408 e. The van der Waals surface area contributed by atoms with Crippen LogP contribution in [0.15, 0.2) is 27.1 Å². The van der Waals surface area contributed by atoms with E-state index in [9.17, 15) is 13.2 Å². The van der Waals surface area contributed by atoms with E-state index in [1.807, 2.05) is 0 Å². The third-order valence-corrected chi connectivity index (χ3v) is 3.04. The standard InChI is InChI=1S/C11H10BrF3N4O/c12-8-2-1-6(5-7(8)11(13,14)15)17-10-19-18-9(20-10)3-4-16/h1-2,5H,3-4,16H2,(H,17,19). The molecule has 9 heteroatoms. The van der Waals surface area contributed by atoms with Gasteiger partial charge in [0.05, 0.1) is 5.56 Å². The predicted molar refractivity (Wildman–Crippen MR) is 69.5 cm³/mol. The van der Waals surface area contributed by atoms with E-state index < -0.39 is 11.7 Å². The van der Waals surface area contributed by atoms with Crippen molar-refractivity contribution < 1.29 is 17.6 Å². The van der Waals surface area contributed by atoms with E-state index in [0.29, 0.717) is 18.9 Å². The highest BCUT2D eigenvalue weighted by molar-refractivity contribution is 9.10. The molecule has 0 aliphatic heterocycles. The van der Waals surface area contributed by atoms with Gasteiger partial charge < -0.3 is 15.5 Å². The molecule has 1 heterocycles. The van der Waals surface area contributed by atoms with Crippen molar-refractivity contribution in [3.63, 3.8) is 0 Å². The Kier molecular flexibility index (Phi) is 4.29. The molecule has 0 aliphatic carbocycles. The SMILES string of the molecule is NCCc1nnc(Nc2ccc(Br)c(C(F)(F)F)c2)o1. The number of hydrogen-bond donors (Lipinski definition) is 2. The molecule has 0 radical (unpaired) electrons. The van der Waals surface area contributed by atoms with Gasteiger partial charge in [0.1, 0.15) is 0 Å². The van der Waals surface area contributed by atoms with Gasteiger partial charge in [-0.1, -0.05) is 21.0 Å². The number of alkyl halides is 3. The monoisotopic (exact) mass is 350 g/mol. The van der Waals surface area contributed by atoms with E-state index in [0.717, 1.165) is 6.07 Å². The lowest BCUT2D eigenvalue weighted by Crippen LogP contribution is -2.06. The van der Waals surface area contributed by atoms with Crippen LogP contribution in [0.5, 0.6) is 0 Å². The summed E-state index contributed by atoms with van der Waals surface area (Å²) < 4.78 is 43.4. The minimum atomic E-state index is -4.45. The highest BCUT2D eigenvalue weighted by atomic mass is 79.9. The molecule has 1 aromatic heterocycles. The summed E-state index contributed by atoms with van der Waals surface area (Å²) in [6.45, 7) is 0.345. The number of nitrogens with two attached hydrogens (primary N) is 1. The van der Waals surface area contributed by atoms with Gasteiger partial charge in [-0.15, -0.1) is 5.10 Å². The Labute approximate surface area is 120 Å². The van der Waals surface area contributed by atoms with Crippen LogP contribution < -0.4 is 11.1 Å². The number of nitrogens with zero attached hydrogens (tertiary/aromatic N) is 2. The zero-order chi connectivity index (χ0) is 14.8. The van der Waals surface area contributed by atoms with Crippen LogP contribution >= 0.6 is 15.9 Å². The molecule has 3 N–H and O–H groups in total. The van der Waals surface area contributed by atoms with Crippen molar-refractivity contribution >= 4 is 27.6 Å². The van der Waals surface area contributed by atoms with E-state index >= 15 is 0 Å². The second-order valence-corrected chi connectivity index (χ2v) is 4.71. The first-order chi connectivity index (χ1) is 9.40. The fourth-order valence-electron chi connectivity index (χ4n) is 1.47. The van der Waals surface area contributed by atoms with Gasteiger partial charge in [-0.2, -0.15) is 13.2 Å². The van der Waals surface area contributed by atoms with Crippen LogP contribution in [0.3, 0.4) is 0 Å². The third kappa shape index (κ3) is 3.48.